The molecule has 2 aromatic rings. The van der Waals surface area contributed by atoms with Gasteiger partial charge >= 0.3 is 6.03 Å². The minimum absolute atomic E-state index is 0.248. The molecule has 0 unspecified atom stereocenters. The largest absolute Gasteiger partial charge is 0.379 e. The zero-order valence-electron chi connectivity index (χ0n) is 22.1. The maximum atomic E-state index is 13.1. The number of benzene rings is 2. The van der Waals surface area contributed by atoms with Gasteiger partial charge < -0.3 is 19.5 Å². The summed E-state index contributed by atoms with van der Waals surface area (Å²) in [6, 6.07) is 14.8. The molecule has 3 N–H and O–H groups in total. The Morgan fingerprint density at radius 1 is 0.795 bits per heavy atom. The topological polar surface area (TPSA) is 118 Å². The van der Waals surface area contributed by atoms with Crippen molar-refractivity contribution in [1.29, 1.82) is 0 Å². The Labute approximate surface area is 229 Å². The van der Waals surface area contributed by atoms with Crippen molar-refractivity contribution in [2.24, 2.45) is 0 Å². The first kappa shape index (κ1) is 29.6. The quantitative estimate of drug-likeness (QED) is 0.131. The number of unbranched alkanes of at least 4 members (excludes halogenated alkanes) is 2. The third kappa shape index (κ3) is 10.8. The summed E-state index contributed by atoms with van der Waals surface area (Å²) < 4.78 is 16.2. The monoisotopic (exact) mass is 536 g/mol. The normalized spacial score (nSPS) is 11.6. The lowest BCUT2D eigenvalue weighted by molar-refractivity contribution is -0.121. The predicted octanol–water partition coefficient (Wildman–Crippen LogP) is 2.50. The number of rotatable bonds is 16. The summed E-state index contributed by atoms with van der Waals surface area (Å²) in [6.45, 7) is 3.80. The Kier molecular flexibility index (Phi) is 13.4. The van der Waals surface area contributed by atoms with Crippen molar-refractivity contribution in [3.8, 4) is 11.8 Å². The van der Waals surface area contributed by atoms with E-state index in [0.717, 1.165) is 29.5 Å². The van der Waals surface area contributed by atoms with Crippen LogP contribution in [0.5, 0.6) is 0 Å². The standard InChI is InChI=1S/C29H36N4O6/c34-23-30-15-17-38-19-21-39-20-18-37-16-7-1-2-12-28(35)31-32-29(36)33-22-26-10-4-3-8-24(26)13-14-25-9-5-6-11-27(25)33/h3-6,8-11,23H,1-2,7,12,15-22H2,(H,30,34)(H,31,35)(H,32,36). The average Bonchev–Trinajstić information content (AvgIpc) is 2.95. The maximum absolute atomic E-state index is 13.1. The maximum Gasteiger partial charge on any atom is 0.340 e. The summed E-state index contributed by atoms with van der Waals surface area (Å²) in [5, 5.41) is 2.52. The highest BCUT2D eigenvalue weighted by Crippen LogP contribution is 2.25. The van der Waals surface area contributed by atoms with Gasteiger partial charge in [-0.1, -0.05) is 48.6 Å². The molecule has 10 nitrogen and oxygen atoms in total. The molecule has 0 fully saturated rings. The highest BCUT2D eigenvalue weighted by Gasteiger charge is 2.21. The van der Waals surface area contributed by atoms with Crippen molar-refractivity contribution < 1.29 is 28.6 Å². The first-order chi connectivity index (χ1) is 19.2. The predicted molar refractivity (Wildman–Crippen MR) is 147 cm³/mol. The number of carbonyl (C=O) groups is 3. The molecule has 208 valence electrons. The average molecular weight is 537 g/mol. The molecule has 1 heterocycles. The number of urea groups is 1. The van der Waals surface area contributed by atoms with E-state index in [4.69, 9.17) is 14.2 Å². The third-order valence-electron chi connectivity index (χ3n) is 5.84. The van der Waals surface area contributed by atoms with Gasteiger partial charge in [-0.05, 0) is 36.6 Å². The minimum atomic E-state index is -0.425. The lowest BCUT2D eigenvalue weighted by Gasteiger charge is -2.26. The van der Waals surface area contributed by atoms with E-state index in [9.17, 15) is 14.4 Å². The van der Waals surface area contributed by atoms with Crippen LogP contribution in [0, 0.1) is 11.8 Å². The molecule has 1 aliphatic heterocycles. The highest BCUT2D eigenvalue weighted by molar-refractivity contribution is 5.95. The smallest absolute Gasteiger partial charge is 0.340 e. The van der Waals surface area contributed by atoms with E-state index in [0.29, 0.717) is 77.7 Å². The first-order valence-electron chi connectivity index (χ1n) is 13.1. The molecule has 39 heavy (non-hydrogen) atoms. The van der Waals surface area contributed by atoms with Crippen LogP contribution in [0.1, 0.15) is 42.4 Å². The number of amides is 4. The summed E-state index contributed by atoms with van der Waals surface area (Å²) in [5.74, 6) is 6.09. The van der Waals surface area contributed by atoms with Crippen LogP contribution < -0.4 is 21.1 Å². The first-order valence-corrected chi connectivity index (χ1v) is 13.1. The Morgan fingerprint density at radius 2 is 1.46 bits per heavy atom. The van der Waals surface area contributed by atoms with E-state index < -0.39 is 6.03 Å². The van der Waals surface area contributed by atoms with Gasteiger partial charge in [0.05, 0.1) is 45.3 Å². The van der Waals surface area contributed by atoms with Gasteiger partial charge in [-0.3, -0.25) is 19.9 Å². The summed E-state index contributed by atoms with van der Waals surface area (Å²) >= 11 is 0. The Morgan fingerprint density at radius 3 is 2.26 bits per heavy atom. The number of nitrogens with zero attached hydrogens (tertiary/aromatic N) is 1. The molecule has 0 atom stereocenters. The van der Waals surface area contributed by atoms with Gasteiger partial charge in [0.1, 0.15) is 0 Å². The zero-order chi connectivity index (χ0) is 27.5. The molecular weight excluding hydrogens is 500 g/mol. The van der Waals surface area contributed by atoms with E-state index in [1.807, 2.05) is 48.5 Å². The molecular formula is C29H36N4O6. The number of hydrogen-bond acceptors (Lipinski definition) is 6. The number of nitrogens with one attached hydrogen (secondary N) is 3. The third-order valence-corrected chi connectivity index (χ3v) is 5.84. The Bertz CT molecular complexity index is 1130. The van der Waals surface area contributed by atoms with Crippen molar-refractivity contribution in [2.75, 3.05) is 51.1 Å². The SMILES string of the molecule is O=CNCCOCCOCCOCCCCCC(=O)NNC(=O)N1Cc2ccccc2C#Cc2ccccc21. The summed E-state index contributed by atoms with van der Waals surface area (Å²) in [7, 11) is 0. The fourth-order valence-electron chi connectivity index (χ4n) is 3.82. The van der Waals surface area contributed by atoms with Crippen LogP contribution in [0.3, 0.4) is 0 Å². The van der Waals surface area contributed by atoms with Gasteiger partial charge in [0.15, 0.2) is 0 Å². The van der Waals surface area contributed by atoms with E-state index in [2.05, 4.69) is 28.0 Å². The highest BCUT2D eigenvalue weighted by atomic mass is 16.5. The van der Waals surface area contributed by atoms with Gasteiger partial charge in [0, 0.05) is 30.7 Å². The van der Waals surface area contributed by atoms with Gasteiger partial charge in [-0.25, -0.2) is 10.2 Å². The fourth-order valence-corrected chi connectivity index (χ4v) is 3.82. The summed E-state index contributed by atoms with van der Waals surface area (Å²) in [6.07, 6.45) is 3.29. The van der Waals surface area contributed by atoms with Gasteiger partial charge in [0.25, 0.3) is 0 Å². The van der Waals surface area contributed by atoms with E-state index in [1.165, 1.54) is 0 Å². The lowest BCUT2D eigenvalue weighted by Crippen LogP contribution is -2.49. The molecule has 1 aliphatic rings. The van der Waals surface area contributed by atoms with E-state index in [-0.39, 0.29) is 5.91 Å². The van der Waals surface area contributed by atoms with Gasteiger partial charge in [-0.2, -0.15) is 0 Å². The molecule has 10 heteroatoms. The number of fused-ring (bicyclic) bond motifs is 2. The van der Waals surface area contributed by atoms with Crippen LogP contribution in [0.2, 0.25) is 0 Å². The molecule has 0 saturated heterocycles. The summed E-state index contributed by atoms with van der Waals surface area (Å²) in [4.78, 5) is 37.0. The molecule has 2 aromatic carbocycles. The zero-order valence-corrected chi connectivity index (χ0v) is 22.1. The number of hydrogen-bond donors (Lipinski definition) is 3. The van der Waals surface area contributed by atoms with E-state index in [1.54, 1.807) is 4.90 Å². The molecule has 4 amide bonds. The van der Waals surface area contributed by atoms with Crippen LogP contribution in [0.15, 0.2) is 48.5 Å². The summed E-state index contributed by atoms with van der Waals surface area (Å²) in [5.41, 5.74) is 8.32. The van der Waals surface area contributed by atoms with Crippen LogP contribution in [-0.2, 0) is 30.3 Å². The second kappa shape index (κ2) is 17.6. The van der Waals surface area contributed by atoms with Crippen molar-refractivity contribution in [1.82, 2.24) is 16.2 Å². The minimum Gasteiger partial charge on any atom is -0.379 e. The van der Waals surface area contributed by atoms with Crippen LogP contribution in [0.4, 0.5) is 10.5 Å². The van der Waals surface area contributed by atoms with Crippen molar-refractivity contribution in [2.45, 2.75) is 32.2 Å². The van der Waals surface area contributed by atoms with Gasteiger partial charge in [-0.15, -0.1) is 0 Å². The molecule has 0 radical (unpaired) electrons. The molecule has 0 saturated carbocycles. The Balaban J connectivity index is 1.27. The molecule has 0 aromatic heterocycles. The number of ether oxygens (including phenoxy) is 3. The second-order valence-electron chi connectivity index (χ2n) is 8.71. The van der Waals surface area contributed by atoms with Crippen molar-refractivity contribution in [3.63, 3.8) is 0 Å². The fraction of sp³-hybridized carbons (Fsp3) is 0.414. The van der Waals surface area contributed by atoms with Crippen molar-refractivity contribution >= 4 is 24.0 Å². The number of para-hydroxylation sites is 1. The molecule has 0 spiro atoms. The lowest BCUT2D eigenvalue weighted by atomic mass is 10.0. The van der Waals surface area contributed by atoms with Crippen LogP contribution >= 0.6 is 0 Å². The van der Waals surface area contributed by atoms with E-state index >= 15 is 0 Å². The number of anilines is 1. The molecule has 0 aliphatic carbocycles. The van der Waals surface area contributed by atoms with Gasteiger partial charge in [0.2, 0.25) is 12.3 Å². The number of carbonyl (C=O) groups excluding carboxylic acids is 3. The number of hydrazine groups is 1. The van der Waals surface area contributed by atoms with Crippen LogP contribution in [-0.4, -0.2) is 64.5 Å². The van der Waals surface area contributed by atoms with Crippen molar-refractivity contribution in [3.05, 3.63) is 65.2 Å². The van der Waals surface area contributed by atoms with Crippen LogP contribution in [0.25, 0.3) is 0 Å². The second-order valence-corrected chi connectivity index (χ2v) is 8.71. The Hall–Kier alpha value is -3.91. The molecule has 0 bridgehead atoms. The molecule has 3 rings (SSSR count).